The van der Waals surface area contributed by atoms with Gasteiger partial charge in [0.15, 0.2) is 0 Å². The Kier molecular flexibility index (Phi) is 6.19. The Labute approximate surface area is 203 Å². The van der Waals surface area contributed by atoms with Crippen LogP contribution in [0.3, 0.4) is 0 Å². The summed E-state index contributed by atoms with van der Waals surface area (Å²) in [5.41, 5.74) is 0.860. The fourth-order valence-corrected chi connectivity index (χ4v) is 11.9. The molecule has 0 amide bonds. The predicted molar refractivity (Wildman–Crippen MR) is 147 cm³/mol. The molecule has 1 aromatic heterocycles. The molecule has 0 unspecified atom stereocenters. The molecule has 2 heterocycles. The van der Waals surface area contributed by atoms with Crippen molar-refractivity contribution < 1.29 is 0 Å². The Morgan fingerprint density at radius 3 is 1.62 bits per heavy atom. The topological polar surface area (TPSA) is 6.48 Å². The van der Waals surface area contributed by atoms with Crippen molar-refractivity contribution in [1.82, 2.24) is 0 Å². The molecule has 1 aliphatic heterocycles. The molecule has 0 saturated carbocycles. The average molecular weight is 519 g/mol. The molecule has 0 atom stereocenters. The molecule has 5 rings (SSSR count). The molecule has 0 N–H and O–H groups in total. The van der Waals surface area contributed by atoms with Crippen molar-refractivity contribution >= 4 is 70.3 Å². The van der Waals surface area contributed by atoms with E-state index in [2.05, 4.69) is 136 Å². The summed E-state index contributed by atoms with van der Waals surface area (Å²) >= 11 is 5.68. The average Bonchev–Trinajstić information content (AvgIpc) is 3.47. The fourth-order valence-electron chi connectivity index (χ4n) is 4.71. The van der Waals surface area contributed by atoms with Crippen molar-refractivity contribution in [1.29, 1.82) is 0 Å². The molecule has 32 heavy (non-hydrogen) atoms. The van der Waals surface area contributed by atoms with Crippen LogP contribution in [0.15, 0.2) is 97.1 Å². The first-order valence-electron chi connectivity index (χ1n) is 11.1. The van der Waals surface area contributed by atoms with Gasteiger partial charge in [-0.2, -0.15) is 0 Å². The minimum absolute atomic E-state index is 0.251. The van der Waals surface area contributed by atoms with Gasteiger partial charge in [-0.3, -0.25) is 0 Å². The standard InChI is InChI=1S/C26H26BN2PSSe/c1-3-28-23-17-11-12-18-24(23)29(4-2)27(28)25-19-20-26(31-25)30(32,21-13-7-5-8-14-21)22-15-9-6-10-16-22/h5-20H,3-4H2,1-2H3. The third kappa shape index (κ3) is 3.53. The van der Waals surface area contributed by atoms with Crippen molar-refractivity contribution in [2.75, 3.05) is 22.7 Å². The minimum atomic E-state index is -1.82. The molecular formula is C26H26BN2PSSe. The summed E-state index contributed by atoms with van der Waals surface area (Å²) in [5.74, 6) is 0. The second kappa shape index (κ2) is 9.08. The molecule has 3 aromatic carbocycles. The summed E-state index contributed by atoms with van der Waals surface area (Å²) in [6.45, 7) is 6.75. The maximum absolute atomic E-state index is 3.71. The number of hydrogen-bond donors (Lipinski definition) is 0. The van der Waals surface area contributed by atoms with Crippen LogP contribution in [0.1, 0.15) is 13.8 Å². The fraction of sp³-hybridized carbons (Fsp3) is 0.154. The van der Waals surface area contributed by atoms with Crippen molar-refractivity contribution in [3.05, 3.63) is 97.1 Å². The predicted octanol–water partition coefficient (Wildman–Crippen LogP) is 4.19. The number of hydrogen-bond acceptors (Lipinski definition) is 3. The van der Waals surface area contributed by atoms with Gasteiger partial charge in [0, 0.05) is 0 Å². The summed E-state index contributed by atoms with van der Waals surface area (Å²) in [7, 11) is 0. The van der Waals surface area contributed by atoms with Crippen LogP contribution in [0.25, 0.3) is 0 Å². The Bertz CT molecular complexity index is 1190. The molecule has 160 valence electrons. The van der Waals surface area contributed by atoms with E-state index < -0.39 is 5.51 Å². The number of para-hydroxylation sites is 2. The summed E-state index contributed by atoms with van der Waals surface area (Å²) in [4.78, 5) is 5.08. The van der Waals surface area contributed by atoms with Crippen molar-refractivity contribution in [2.24, 2.45) is 0 Å². The van der Waals surface area contributed by atoms with E-state index in [-0.39, 0.29) is 6.98 Å². The first kappa shape index (κ1) is 21.8. The number of rotatable bonds is 6. The van der Waals surface area contributed by atoms with E-state index in [1.54, 1.807) is 0 Å². The molecule has 1 aliphatic rings. The van der Waals surface area contributed by atoms with Crippen LogP contribution in [0.5, 0.6) is 0 Å². The van der Waals surface area contributed by atoms with Crippen LogP contribution in [-0.2, 0) is 0 Å². The van der Waals surface area contributed by atoms with E-state index in [1.807, 2.05) is 11.3 Å². The third-order valence-corrected chi connectivity index (χ3v) is 15.7. The molecule has 0 radical (unpaired) electrons. The van der Waals surface area contributed by atoms with E-state index in [0.717, 1.165) is 13.1 Å². The zero-order valence-electron chi connectivity index (χ0n) is 18.4. The van der Waals surface area contributed by atoms with Gasteiger partial charge in [-0.1, -0.05) is 0 Å². The molecule has 0 saturated heterocycles. The third-order valence-electron chi connectivity index (χ3n) is 6.19. The Morgan fingerprint density at radius 2 is 1.16 bits per heavy atom. The van der Waals surface area contributed by atoms with Gasteiger partial charge in [-0.25, -0.2) is 0 Å². The summed E-state index contributed by atoms with van der Waals surface area (Å²) in [6, 6.07) is 35.5. The summed E-state index contributed by atoms with van der Waals surface area (Å²) < 4.78 is 2.85. The van der Waals surface area contributed by atoms with Crippen LogP contribution in [0.4, 0.5) is 11.4 Å². The van der Waals surface area contributed by atoms with E-state index in [0.29, 0.717) is 0 Å². The van der Waals surface area contributed by atoms with Crippen molar-refractivity contribution in [3.63, 3.8) is 0 Å². The Hall–Kier alpha value is -2.03. The van der Waals surface area contributed by atoms with Crippen molar-refractivity contribution in [3.8, 4) is 0 Å². The number of benzene rings is 3. The number of nitrogens with zero attached hydrogens (tertiary/aromatic N) is 2. The molecule has 6 heteroatoms. The van der Waals surface area contributed by atoms with Gasteiger partial charge in [-0.05, 0) is 0 Å². The van der Waals surface area contributed by atoms with Crippen LogP contribution in [0.2, 0.25) is 0 Å². The van der Waals surface area contributed by atoms with Gasteiger partial charge in [0.25, 0.3) is 0 Å². The second-order valence-electron chi connectivity index (χ2n) is 7.89. The monoisotopic (exact) mass is 520 g/mol. The van der Waals surface area contributed by atoms with Crippen LogP contribution < -0.4 is 29.6 Å². The number of anilines is 2. The van der Waals surface area contributed by atoms with Gasteiger partial charge >= 0.3 is 204 Å². The Balaban J connectivity index is 1.63. The van der Waals surface area contributed by atoms with Gasteiger partial charge < -0.3 is 0 Å². The molecule has 0 spiro atoms. The second-order valence-corrected chi connectivity index (χ2v) is 15.5. The van der Waals surface area contributed by atoms with E-state index in [4.69, 9.17) is 0 Å². The molecule has 0 fully saturated rings. The molecule has 2 nitrogen and oxygen atoms in total. The van der Waals surface area contributed by atoms with Gasteiger partial charge in [0.2, 0.25) is 0 Å². The normalized spacial score (nSPS) is 13.5. The van der Waals surface area contributed by atoms with E-state index in [1.165, 1.54) is 31.4 Å². The number of fused-ring (bicyclic) bond motifs is 1. The molecule has 0 aliphatic carbocycles. The Morgan fingerprint density at radius 1 is 0.688 bits per heavy atom. The molecule has 0 bridgehead atoms. The summed E-state index contributed by atoms with van der Waals surface area (Å²) in [5, 5.41) is 2.77. The van der Waals surface area contributed by atoms with Crippen LogP contribution in [-0.4, -0.2) is 35.2 Å². The molecular weight excluding hydrogens is 493 g/mol. The zero-order chi connectivity index (χ0) is 22.1. The quantitative estimate of drug-likeness (QED) is 0.279. The van der Waals surface area contributed by atoms with Crippen LogP contribution in [0, 0.1) is 0 Å². The first-order chi connectivity index (χ1) is 15.7. The summed E-state index contributed by atoms with van der Waals surface area (Å²) in [6.07, 6.45) is 0. The van der Waals surface area contributed by atoms with Gasteiger partial charge in [0.1, 0.15) is 0 Å². The zero-order valence-corrected chi connectivity index (χ0v) is 21.8. The SMILES string of the molecule is CCN1B(c2ccc(P(=[Se])(c3ccccc3)c3ccccc3)s2)N(CC)c2ccccc21. The van der Waals surface area contributed by atoms with E-state index in [9.17, 15) is 0 Å². The maximum atomic E-state index is 3.71. The van der Waals surface area contributed by atoms with Crippen molar-refractivity contribution in [2.45, 2.75) is 13.8 Å². The van der Waals surface area contributed by atoms with Crippen LogP contribution >= 0.6 is 16.8 Å². The van der Waals surface area contributed by atoms with E-state index >= 15 is 0 Å². The number of thiophene rings is 1. The molecule has 4 aromatic rings. The van der Waals surface area contributed by atoms with Gasteiger partial charge in [-0.15, -0.1) is 0 Å². The first-order valence-corrected chi connectivity index (χ1v) is 15.9. The van der Waals surface area contributed by atoms with Gasteiger partial charge in [0.05, 0.1) is 0 Å².